The molecule has 8 nitrogen and oxygen atoms in total. The van der Waals surface area contributed by atoms with E-state index in [0.29, 0.717) is 43.0 Å². The van der Waals surface area contributed by atoms with Crippen LogP contribution >= 0.6 is 0 Å². The molecule has 1 aromatic heterocycles. The molecular weight excluding hydrogens is 334 g/mol. The Hall–Kier alpha value is -3.03. The van der Waals surface area contributed by atoms with Crippen LogP contribution in [-0.2, 0) is 11.3 Å². The van der Waals surface area contributed by atoms with E-state index in [1.807, 2.05) is 32.0 Å². The van der Waals surface area contributed by atoms with Crippen molar-refractivity contribution in [2.45, 2.75) is 27.3 Å². The zero-order valence-electron chi connectivity index (χ0n) is 15.5. The molecule has 26 heavy (non-hydrogen) atoms. The lowest BCUT2D eigenvalue weighted by Gasteiger charge is -2.12. The van der Waals surface area contributed by atoms with Crippen LogP contribution in [0.2, 0.25) is 0 Å². The van der Waals surface area contributed by atoms with Gasteiger partial charge in [0, 0.05) is 25.7 Å². The number of amides is 1. The third kappa shape index (κ3) is 6.12. The number of carbonyl (C=O) groups is 1. The molecule has 0 atom stereocenters. The molecule has 140 valence electrons. The molecule has 0 unspecified atom stereocenters. The number of carbonyl (C=O) groups excluding carboxylic acids is 1. The van der Waals surface area contributed by atoms with Crippen LogP contribution < -0.4 is 20.7 Å². The van der Waals surface area contributed by atoms with Gasteiger partial charge in [-0.25, -0.2) is 4.98 Å². The summed E-state index contributed by atoms with van der Waals surface area (Å²) >= 11 is 0. The average Bonchev–Trinajstić information content (AvgIpc) is 2.92. The van der Waals surface area contributed by atoms with Gasteiger partial charge in [-0.2, -0.15) is 0 Å². The Morgan fingerprint density at radius 1 is 1.31 bits per heavy atom. The molecule has 1 aromatic carbocycles. The van der Waals surface area contributed by atoms with Gasteiger partial charge in [-0.1, -0.05) is 6.07 Å². The second-order valence-electron chi connectivity index (χ2n) is 5.66. The van der Waals surface area contributed by atoms with E-state index in [4.69, 9.17) is 9.15 Å². The minimum absolute atomic E-state index is 0.116. The van der Waals surface area contributed by atoms with Crippen molar-refractivity contribution in [3.63, 3.8) is 0 Å². The van der Waals surface area contributed by atoms with Gasteiger partial charge in [-0.15, -0.1) is 0 Å². The number of hydrogen-bond acceptors (Lipinski definition) is 5. The van der Waals surface area contributed by atoms with Crippen LogP contribution in [0, 0.1) is 13.8 Å². The van der Waals surface area contributed by atoms with Crippen molar-refractivity contribution >= 4 is 17.6 Å². The summed E-state index contributed by atoms with van der Waals surface area (Å²) in [5.41, 5.74) is 1.59. The normalized spacial score (nSPS) is 11.2. The zero-order valence-corrected chi connectivity index (χ0v) is 15.5. The highest BCUT2D eigenvalue weighted by Gasteiger charge is 2.06. The van der Waals surface area contributed by atoms with Gasteiger partial charge in [0.1, 0.15) is 18.1 Å². The Balaban J connectivity index is 1.73. The molecule has 8 heteroatoms. The summed E-state index contributed by atoms with van der Waals surface area (Å²) in [6.07, 6.45) is 0. The molecule has 0 aliphatic rings. The number of benzene rings is 1. The lowest BCUT2D eigenvalue weighted by atomic mass is 10.3. The molecule has 0 fully saturated rings. The summed E-state index contributed by atoms with van der Waals surface area (Å²) < 4.78 is 11.2. The highest BCUT2D eigenvalue weighted by molar-refractivity contribution is 5.88. The van der Waals surface area contributed by atoms with E-state index in [-0.39, 0.29) is 5.91 Å². The van der Waals surface area contributed by atoms with Gasteiger partial charge in [0.15, 0.2) is 5.96 Å². The van der Waals surface area contributed by atoms with Gasteiger partial charge < -0.3 is 25.1 Å². The molecule has 2 aromatic rings. The fourth-order valence-corrected chi connectivity index (χ4v) is 2.20. The number of aromatic nitrogens is 1. The smallest absolute Gasteiger partial charge is 0.221 e. The summed E-state index contributed by atoms with van der Waals surface area (Å²) in [7, 11) is 1.69. The number of hydrogen-bond donors (Lipinski definition) is 3. The zero-order chi connectivity index (χ0) is 18.9. The minimum atomic E-state index is -0.116. The van der Waals surface area contributed by atoms with Gasteiger partial charge in [0.25, 0.3) is 0 Å². The molecule has 0 bridgehead atoms. The number of aryl methyl sites for hydroxylation is 2. The highest BCUT2D eigenvalue weighted by Crippen LogP contribution is 2.17. The molecule has 1 amide bonds. The van der Waals surface area contributed by atoms with Crippen LogP contribution in [-0.4, -0.2) is 37.1 Å². The van der Waals surface area contributed by atoms with Crippen LogP contribution in [0.4, 0.5) is 5.69 Å². The van der Waals surface area contributed by atoms with Crippen molar-refractivity contribution in [2.24, 2.45) is 4.99 Å². The average molecular weight is 359 g/mol. The Kier molecular flexibility index (Phi) is 7.02. The van der Waals surface area contributed by atoms with Crippen molar-refractivity contribution in [1.29, 1.82) is 0 Å². The Morgan fingerprint density at radius 2 is 2.12 bits per heavy atom. The second-order valence-corrected chi connectivity index (χ2v) is 5.66. The standard InChI is InChI=1S/C18H25N5O3/c1-12-13(2)26-17(22-12)11-21-18(19-4)20-8-9-25-16-7-5-6-15(10-16)23-14(3)24/h5-7,10H,8-9,11H2,1-4H3,(H,23,24)(H2,19,20,21). The highest BCUT2D eigenvalue weighted by atomic mass is 16.5. The van der Waals surface area contributed by atoms with Crippen molar-refractivity contribution < 1.29 is 13.9 Å². The first kappa shape index (κ1) is 19.3. The minimum Gasteiger partial charge on any atom is -0.492 e. The largest absolute Gasteiger partial charge is 0.492 e. The van der Waals surface area contributed by atoms with Gasteiger partial charge in [-0.3, -0.25) is 9.79 Å². The van der Waals surface area contributed by atoms with E-state index < -0.39 is 0 Å². The topological polar surface area (TPSA) is 101 Å². The summed E-state index contributed by atoms with van der Waals surface area (Å²) in [5.74, 6) is 2.64. The van der Waals surface area contributed by atoms with Crippen LogP contribution in [0.15, 0.2) is 33.7 Å². The number of anilines is 1. The summed E-state index contributed by atoms with van der Waals surface area (Å²) in [6.45, 7) is 6.73. The number of oxazole rings is 1. The third-order valence-electron chi connectivity index (χ3n) is 3.52. The fourth-order valence-electron chi connectivity index (χ4n) is 2.20. The van der Waals surface area contributed by atoms with E-state index in [9.17, 15) is 4.79 Å². The third-order valence-corrected chi connectivity index (χ3v) is 3.52. The predicted octanol–water partition coefficient (Wildman–Crippen LogP) is 1.99. The van der Waals surface area contributed by atoms with Gasteiger partial charge in [0.05, 0.1) is 18.8 Å². The van der Waals surface area contributed by atoms with Crippen LogP contribution in [0.5, 0.6) is 5.75 Å². The maximum Gasteiger partial charge on any atom is 0.221 e. The summed E-state index contributed by atoms with van der Waals surface area (Å²) in [4.78, 5) is 19.5. The van der Waals surface area contributed by atoms with Gasteiger partial charge >= 0.3 is 0 Å². The van der Waals surface area contributed by atoms with E-state index in [1.165, 1.54) is 6.92 Å². The lowest BCUT2D eigenvalue weighted by molar-refractivity contribution is -0.114. The number of aliphatic imine (C=N–C) groups is 1. The van der Waals surface area contributed by atoms with Crippen molar-refractivity contribution in [3.05, 3.63) is 41.6 Å². The molecule has 0 saturated heterocycles. The van der Waals surface area contributed by atoms with Crippen molar-refractivity contribution in [2.75, 3.05) is 25.5 Å². The maximum atomic E-state index is 11.1. The Labute approximate surface area is 153 Å². The van der Waals surface area contributed by atoms with Crippen LogP contribution in [0.25, 0.3) is 0 Å². The van der Waals surface area contributed by atoms with Crippen molar-refractivity contribution in [3.8, 4) is 5.75 Å². The molecule has 3 N–H and O–H groups in total. The molecule has 1 heterocycles. The number of rotatable bonds is 7. The lowest BCUT2D eigenvalue weighted by Crippen LogP contribution is -2.38. The van der Waals surface area contributed by atoms with E-state index in [1.54, 1.807) is 13.1 Å². The quantitative estimate of drug-likeness (QED) is 0.397. The summed E-state index contributed by atoms with van der Waals surface area (Å²) in [5, 5.41) is 9.01. The predicted molar refractivity (Wildman–Crippen MR) is 100 cm³/mol. The maximum absolute atomic E-state index is 11.1. The Bertz CT molecular complexity index is 750. The molecule has 2 rings (SSSR count). The summed E-state index contributed by atoms with van der Waals surface area (Å²) in [6, 6.07) is 7.26. The van der Waals surface area contributed by atoms with Crippen LogP contribution in [0.3, 0.4) is 0 Å². The fraction of sp³-hybridized carbons (Fsp3) is 0.389. The van der Waals surface area contributed by atoms with Crippen molar-refractivity contribution in [1.82, 2.24) is 15.6 Å². The SMILES string of the molecule is CN=C(NCCOc1cccc(NC(C)=O)c1)NCc1nc(C)c(C)o1. The van der Waals surface area contributed by atoms with Crippen LogP contribution in [0.1, 0.15) is 24.3 Å². The first-order chi connectivity index (χ1) is 12.5. The number of ether oxygens (including phenoxy) is 1. The monoisotopic (exact) mass is 359 g/mol. The molecule has 0 spiro atoms. The number of guanidine groups is 1. The van der Waals surface area contributed by atoms with Gasteiger partial charge in [-0.05, 0) is 26.0 Å². The van der Waals surface area contributed by atoms with E-state index in [2.05, 4.69) is 25.9 Å². The van der Waals surface area contributed by atoms with Gasteiger partial charge in [0.2, 0.25) is 11.8 Å². The molecule has 0 aliphatic heterocycles. The van der Waals surface area contributed by atoms with E-state index in [0.717, 1.165) is 11.5 Å². The molecule has 0 saturated carbocycles. The number of nitrogens with zero attached hydrogens (tertiary/aromatic N) is 2. The second kappa shape index (κ2) is 9.45. The molecule has 0 radical (unpaired) electrons. The Morgan fingerprint density at radius 3 is 2.77 bits per heavy atom. The molecular formula is C18H25N5O3. The molecule has 0 aliphatic carbocycles. The first-order valence-corrected chi connectivity index (χ1v) is 8.36. The van der Waals surface area contributed by atoms with E-state index >= 15 is 0 Å². The number of nitrogens with one attached hydrogen (secondary N) is 3. The first-order valence-electron chi connectivity index (χ1n) is 8.36.